The number of nitrogens with one attached hydrogen (secondary N) is 2. The van der Waals surface area contributed by atoms with E-state index in [1.165, 1.54) is 0 Å². The van der Waals surface area contributed by atoms with Crippen LogP contribution in [0, 0.1) is 11.3 Å². The van der Waals surface area contributed by atoms with Crippen molar-refractivity contribution in [3.63, 3.8) is 0 Å². The zero-order valence-corrected chi connectivity index (χ0v) is 11.9. The molecule has 5 nitrogen and oxygen atoms in total. The van der Waals surface area contributed by atoms with Gasteiger partial charge in [0, 0.05) is 32.6 Å². The van der Waals surface area contributed by atoms with Crippen molar-refractivity contribution in [2.24, 2.45) is 0 Å². The fraction of sp³-hybridized carbons (Fsp3) is 0.429. The van der Waals surface area contributed by atoms with Crippen molar-refractivity contribution in [3.05, 3.63) is 29.3 Å². The number of nitriles is 1. The van der Waals surface area contributed by atoms with Gasteiger partial charge >= 0.3 is 0 Å². The number of nitrogens with zero attached hydrogens (tertiary/aromatic N) is 2. The molecule has 2 N–H and O–H groups in total. The third-order valence-corrected chi connectivity index (χ3v) is 3.61. The number of carbonyl (C=O) groups excluding carboxylic acids is 1. The second kappa shape index (κ2) is 7.25. The Kier molecular flexibility index (Phi) is 5.36. The smallest absolute Gasteiger partial charge is 0.225 e. The number of amides is 1. The molecule has 1 fully saturated rings. The molecule has 0 aromatic heterocycles. The van der Waals surface area contributed by atoms with Gasteiger partial charge in [0.1, 0.15) is 6.04 Å². The summed E-state index contributed by atoms with van der Waals surface area (Å²) < 4.78 is 0. The van der Waals surface area contributed by atoms with Crippen molar-refractivity contribution in [1.29, 1.82) is 5.26 Å². The Hall–Kier alpha value is -1.61. The van der Waals surface area contributed by atoms with Crippen LogP contribution in [0.1, 0.15) is 6.42 Å². The number of hydrogen-bond acceptors (Lipinski definition) is 4. The molecule has 1 unspecified atom stereocenters. The van der Waals surface area contributed by atoms with Gasteiger partial charge in [0.05, 0.1) is 16.8 Å². The minimum Gasteiger partial charge on any atom is -0.325 e. The molecule has 0 bridgehead atoms. The van der Waals surface area contributed by atoms with Gasteiger partial charge in [-0.1, -0.05) is 23.7 Å². The first-order chi connectivity index (χ1) is 9.70. The van der Waals surface area contributed by atoms with Crippen LogP contribution in [0.3, 0.4) is 0 Å². The van der Waals surface area contributed by atoms with Gasteiger partial charge in [0.25, 0.3) is 0 Å². The van der Waals surface area contributed by atoms with Crippen LogP contribution >= 0.6 is 11.6 Å². The number of anilines is 1. The van der Waals surface area contributed by atoms with E-state index in [9.17, 15) is 4.79 Å². The average Bonchev–Trinajstić information content (AvgIpc) is 2.48. The topological polar surface area (TPSA) is 68.2 Å². The van der Waals surface area contributed by atoms with Gasteiger partial charge in [-0.2, -0.15) is 5.26 Å². The van der Waals surface area contributed by atoms with E-state index in [-0.39, 0.29) is 11.9 Å². The van der Waals surface area contributed by atoms with Crippen LogP contribution in [0.15, 0.2) is 24.3 Å². The Morgan fingerprint density at radius 2 is 2.35 bits per heavy atom. The molecule has 1 saturated heterocycles. The van der Waals surface area contributed by atoms with Gasteiger partial charge in [-0.3, -0.25) is 9.69 Å². The zero-order valence-electron chi connectivity index (χ0n) is 11.1. The van der Waals surface area contributed by atoms with Crippen molar-refractivity contribution in [2.75, 3.05) is 31.5 Å². The van der Waals surface area contributed by atoms with E-state index in [0.29, 0.717) is 30.2 Å². The summed E-state index contributed by atoms with van der Waals surface area (Å²) in [6.07, 6.45) is 0.351. The highest BCUT2D eigenvalue weighted by molar-refractivity contribution is 6.33. The van der Waals surface area contributed by atoms with Crippen molar-refractivity contribution >= 4 is 23.2 Å². The Morgan fingerprint density at radius 1 is 1.55 bits per heavy atom. The van der Waals surface area contributed by atoms with Crippen LogP contribution in [-0.2, 0) is 4.79 Å². The third-order valence-electron chi connectivity index (χ3n) is 3.28. The van der Waals surface area contributed by atoms with E-state index in [0.717, 1.165) is 13.1 Å². The lowest BCUT2D eigenvalue weighted by molar-refractivity contribution is -0.116. The number of halogens is 1. The summed E-state index contributed by atoms with van der Waals surface area (Å²) in [5.41, 5.74) is 0.622. The Bertz CT molecular complexity index is 514. The fourth-order valence-corrected chi connectivity index (χ4v) is 2.34. The third kappa shape index (κ3) is 3.94. The molecule has 20 heavy (non-hydrogen) atoms. The minimum atomic E-state index is -0.156. The van der Waals surface area contributed by atoms with Crippen LogP contribution in [-0.4, -0.2) is 43.0 Å². The first-order valence-corrected chi connectivity index (χ1v) is 6.97. The molecule has 1 aromatic rings. The lowest BCUT2D eigenvalue weighted by Gasteiger charge is -2.31. The average molecular weight is 293 g/mol. The number of para-hydroxylation sites is 1. The fourth-order valence-electron chi connectivity index (χ4n) is 2.16. The normalized spacial score (nSPS) is 19.3. The SMILES string of the molecule is N#CC1CNCCN1CCC(=O)Nc1ccccc1Cl. The molecule has 1 aliphatic rings. The number of hydrogen-bond donors (Lipinski definition) is 2. The van der Waals surface area contributed by atoms with E-state index >= 15 is 0 Å². The molecule has 0 aliphatic carbocycles. The van der Waals surface area contributed by atoms with Crippen molar-refractivity contribution in [1.82, 2.24) is 10.2 Å². The number of rotatable bonds is 4. The first kappa shape index (κ1) is 14.8. The summed E-state index contributed by atoms with van der Waals surface area (Å²) >= 11 is 5.99. The summed E-state index contributed by atoms with van der Waals surface area (Å²) in [6, 6.07) is 9.23. The highest BCUT2D eigenvalue weighted by Gasteiger charge is 2.21. The van der Waals surface area contributed by atoms with Gasteiger partial charge < -0.3 is 10.6 Å². The van der Waals surface area contributed by atoms with Gasteiger partial charge in [0.15, 0.2) is 0 Å². The second-order valence-electron chi connectivity index (χ2n) is 4.66. The van der Waals surface area contributed by atoms with Gasteiger partial charge in [-0.15, -0.1) is 0 Å². The largest absolute Gasteiger partial charge is 0.325 e. The van der Waals surface area contributed by atoms with Crippen molar-refractivity contribution < 1.29 is 4.79 Å². The van der Waals surface area contributed by atoms with E-state index in [4.69, 9.17) is 16.9 Å². The Morgan fingerprint density at radius 3 is 3.10 bits per heavy atom. The van der Waals surface area contributed by atoms with E-state index < -0.39 is 0 Å². The summed E-state index contributed by atoms with van der Waals surface area (Å²) in [6.45, 7) is 2.88. The maximum atomic E-state index is 11.9. The molecule has 1 amide bonds. The maximum Gasteiger partial charge on any atom is 0.225 e. The number of piperazine rings is 1. The highest BCUT2D eigenvalue weighted by Crippen LogP contribution is 2.20. The molecule has 6 heteroatoms. The first-order valence-electron chi connectivity index (χ1n) is 6.59. The molecule has 106 valence electrons. The van der Waals surface area contributed by atoms with E-state index in [1.54, 1.807) is 12.1 Å². The van der Waals surface area contributed by atoms with Crippen LogP contribution < -0.4 is 10.6 Å². The molecule has 0 spiro atoms. The molecule has 2 rings (SSSR count). The lowest BCUT2D eigenvalue weighted by atomic mass is 10.2. The molecule has 1 aliphatic heterocycles. The van der Waals surface area contributed by atoms with Crippen LogP contribution in [0.5, 0.6) is 0 Å². The number of carbonyl (C=O) groups is 1. The van der Waals surface area contributed by atoms with Gasteiger partial charge in [0.2, 0.25) is 5.91 Å². The molecular formula is C14H17ClN4O. The Labute approximate surface area is 123 Å². The lowest BCUT2D eigenvalue weighted by Crippen LogP contribution is -2.51. The summed E-state index contributed by atoms with van der Waals surface area (Å²) in [5.74, 6) is -0.0895. The van der Waals surface area contributed by atoms with Gasteiger partial charge in [-0.05, 0) is 12.1 Å². The molecular weight excluding hydrogens is 276 g/mol. The molecule has 1 aromatic carbocycles. The maximum absolute atomic E-state index is 11.9. The highest BCUT2D eigenvalue weighted by atomic mass is 35.5. The van der Waals surface area contributed by atoms with Crippen molar-refractivity contribution in [3.8, 4) is 6.07 Å². The van der Waals surface area contributed by atoms with Crippen LogP contribution in [0.2, 0.25) is 5.02 Å². The number of benzene rings is 1. The summed E-state index contributed by atoms with van der Waals surface area (Å²) in [7, 11) is 0. The monoisotopic (exact) mass is 292 g/mol. The molecule has 1 heterocycles. The molecule has 1 atom stereocenters. The molecule has 0 radical (unpaired) electrons. The summed E-state index contributed by atoms with van der Waals surface area (Å²) in [4.78, 5) is 13.9. The van der Waals surface area contributed by atoms with Crippen LogP contribution in [0.25, 0.3) is 0 Å². The second-order valence-corrected chi connectivity index (χ2v) is 5.07. The van der Waals surface area contributed by atoms with Gasteiger partial charge in [-0.25, -0.2) is 0 Å². The van der Waals surface area contributed by atoms with E-state index in [2.05, 4.69) is 16.7 Å². The van der Waals surface area contributed by atoms with Crippen LogP contribution in [0.4, 0.5) is 5.69 Å². The predicted molar refractivity (Wildman–Crippen MR) is 78.5 cm³/mol. The zero-order chi connectivity index (χ0) is 14.4. The molecule has 0 saturated carbocycles. The minimum absolute atomic E-state index is 0.0895. The quantitative estimate of drug-likeness (QED) is 0.882. The standard InChI is InChI=1S/C14H17ClN4O/c15-12-3-1-2-4-13(12)18-14(20)5-7-19-8-6-17-10-11(19)9-16/h1-4,11,17H,5-8,10H2,(H,18,20). The Balaban J connectivity index is 1.83. The van der Waals surface area contributed by atoms with E-state index in [1.807, 2.05) is 17.0 Å². The predicted octanol–water partition coefficient (Wildman–Crippen LogP) is 1.47. The van der Waals surface area contributed by atoms with Crippen molar-refractivity contribution in [2.45, 2.75) is 12.5 Å². The summed E-state index contributed by atoms with van der Waals surface area (Å²) in [5, 5.41) is 15.5.